The number of amides is 2. The molecule has 2 aromatic rings. The van der Waals surface area contributed by atoms with Crippen molar-refractivity contribution >= 4 is 45.6 Å². The number of ether oxygens (including phenoxy) is 1. The maximum absolute atomic E-state index is 13.3. The highest BCUT2D eigenvalue weighted by Crippen LogP contribution is 2.61. The molecular formula is C20H17ClN2O5. The van der Waals surface area contributed by atoms with Crippen LogP contribution in [0.15, 0.2) is 30.3 Å². The molecule has 0 radical (unpaired) electrons. The molecule has 3 fully saturated rings. The minimum atomic E-state index is -0.658. The minimum absolute atomic E-state index is 0.161. The van der Waals surface area contributed by atoms with Crippen LogP contribution in [0.1, 0.15) is 26.7 Å². The maximum atomic E-state index is 13.3. The summed E-state index contributed by atoms with van der Waals surface area (Å²) < 4.78 is 6.12. The summed E-state index contributed by atoms with van der Waals surface area (Å²) in [5, 5.41) is 12.3. The Labute approximate surface area is 165 Å². The highest BCUT2D eigenvalue weighted by molar-refractivity contribution is 6.37. The third kappa shape index (κ3) is 1.98. The molecule has 4 atom stereocenters. The molecule has 0 N–H and O–H groups in total. The molecule has 2 unspecified atom stereocenters. The van der Waals surface area contributed by atoms with Crippen molar-refractivity contribution in [2.75, 3.05) is 4.90 Å². The lowest BCUT2D eigenvalue weighted by molar-refractivity contribution is -0.383. The van der Waals surface area contributed by atoms with Crippen LogP contribution in [-0.2, 0) is 14.3 Å². The number of anilines is 1. The molecule has 3 heterocycles. The van der Waals surface area contributed by atoms with Gasteiger partial charge in [0.25, 0.3) is 5.69 Å². The van der Waals surface area contributed by atoms with Crippen molar-refractivity contribution in [3.63, 3.8) is 0 Å². The SMILES string of the molecule is C[C@@]12CC[C@](C)(O1)C1C(=O)N(c3ccc([N+](=O)[O-])c4c(Cl)cccc34)C(=O)C12. The van der Waals surface area contributed by atoms with E-state index in [1.807, 2.05) is 13.8 Å². The number of nitro benzene ring substituents is 1. The molecular weight excluding hydrogens is 384 g/mol. The summed E-state index contributed by atoms with van der Waals surface area (Å²) in [7, 11) is 0. The van der Waals surface area contributed by atoms with Crippen LogP contribution in [0.4, 0.5) is 11.4 Å². The van der Waals surface area contributed by atoms with Crippen LogP contribution in [0.25, 0.3) is 10.8 Å². The summed E-state index contributed by atoms with van der Waals surface area (Å²) in [6.07, 6.45) is 1.45. The van der Waals surface area contributed by atoms with Crippen LogP contribution in [0, 0.1) is 22.0 Å². The van der Waals surface area contributed by atoms with Crippen molar-refractivity contribution in [2.24, 2.45) is 11.8 Å². The monoisotopic (exact) mass is 400 g/mol. The summed E-state index contributed by atoms with van der Waals surface area (Å²) in [4.78, 5) is 38.8. The predicted molar refractivity (Wildman–Crippen MR) is 102 cm³/mol. The highest BCUT2D eigenvalue weighted by Gasteiger charge is 2.72. The van der Waals surface area contributed by atoms with Crippen molar-refractivity contribution in [3.05, 3.63) is 45.5 Å². The lowest BCUT2D eigenvalue weighted by Crippen LogP contribution is -2.40. The Balaban J connectivity index is 1.72. The summed E-state index contributed by atoms with van der Waals surface area (Å²) in [5.74, 6) is -1.70. The molecule has 8 heteroatoms. The number of rotatable bonds is 2. The molecule has 28 heavy (non-hydrogen) atoms. The second kappa shape index (κ2) is 5.30. The first kappa shape index (κ1) is 17.6. The Kier molecular flexibility index (Phi) is 3.33. The fourth-order valence-electron chi connectivity index (χ4n) is 5.38. The fourth-order valence-corrected chi connectivity index (χ4v) is 5.65. The quantitative estimate of drug-likeness (QED) is 0.434. The van der Waals surface area contributed by atoms with Gasteiger partial charge in [-0.25, -0.2) is 4.90 Å². The van der Waals surface area contributed by atoms with Crippen molar-refractivity contribution in [3.8, 4) is 0 Å². The molecule has 3 aliphatic heterocycles. The van der Waals surface area contributed by atoms with Crippen molar-refractivity contribution in [1.29, 1.82) is 0 Å². The normalized spacial score (nSPS) is 33.8. The summed E-state index contributed by atoms with van der Waals surface area (Å²) >= 11 is 6.24. The van der Waals surface area contributed by atoms with Gasteiger partial charge in [0.2, 0.25) is 11.8 Å². The van der Waals surface area contributed by atoms with Crippen molar-refractivity contribution in [1.82, 2.24) is 0 Å². The van der Waals surface area contributed by atoms with E-state index in [4.69, 9.17) is 16.3 Å². The molecule has 0 saturated carbocycles. The Morgan fingerprint density at radius 1 is 1.11 bits per heavy atom. The average molecular weight is 401 g/mol. The predicted octanol–water partition coefficient (Wildman–Crippen LogP) is 3.85. The number of non-ortho nitro benzene ring substituents is 1. The first-order valence-corrected chi connectivity index (χ1v) is 9.49. The fraction of sp³-hybridized carbons (Fsp3) is 0.400. The number of nitro groups is 1. The van der Waals surface area contributed by atoms with E-state index in [0.717, 1.165) is 12.8 Å². The van der Waals surface area contributed by atoms with Gasteiger partial charge in [-0.3, -0.25) is 19.7 Å². The summed E-state index contributed by atoms with van der Waals surface area (Å²) in [6, 6.07) is 7.61. The molecule has 2 aromatic carbocycles. The highest BCUT2D eigenvalue weighted by atomic mass is 35.5. The van der Waals surface area contributed by atoms with Gasteiger partial charge in [-0.05, 0) is 38.8 Å². The maximum Gasteiger partial charge on any atom is 0.278 e. The minimum Gasteiger partial charge on any atom is -0.367 e. The number of halogens is 1. The standard InChI is InChI=1S/C20H17ClN2O5/c1-19-8-9-20(2,28-19)16-15(19)17(24)22(18(16)25)12-6-7-13(23(26)27)14-10(12)4-3-5-11(14)21/h3-7,15-16H,8-9H2,1-2H3/t15?,16?,19-,20-/m0/s1. The zero-order chi connectivity index (χ0) is 20.0. The van der Waals surface area contributed by atoms with Crippen LogP contribution in [0.5, 0.6) is 0 Å². The van der Waals surface area contributed by atoms with E-state index in [2.05, 4.69) is 0 Å². The molecule has 2 bridgehead atoms. The van der Waals surface area contributed by atoms with Crippen molar-refractivity contribution < 1.29 is 19.2 Å². The van der Waals surface area contributed by atoms with E-state index in [0.29, 0.717) is 11.1 Å². The first-order valence-electron chi connectivity index (χ1n) is 9.11. The van der Waals surface area contributed by atoms with E-state index in [1.165, 1.54) is 17.0 Å². The zero-order valence-electron chi connectivity index (χ0n) is 15.3. The second-order valence-electron chi connectivity index (χ2n) is 8.22. The smallest absolute Gasteiger partial charge is 0.278 e. The third-order valence-corrected chi connectivity index (χ3v) is 6.90. The molecule has 0 spiro atoms. The van der Waals surface area contributed by atoms with Crippen LogP contribution in [-0.4, -0.2) is 27.9 Å². The molecule has 144 valence electrons. The number of fused-ring (bicyclic) bond motifs is 6. The molecule has 3 aliphatic rings. The Morgan fingerprint density at radius 3 is 2.29 bits per heavy atom. The van der Waals surface area contributed by atoms with E-state index >= 15 is 0 Å². The lowest BCUT2D eigenvalue weighted by Gasteiger charge is -2.27. The van der Waals surface area contributed by atoms with Gasteiger partial charge in [0.15, 0.2) is 0 Å². The summed E-state index contributed by atoms with van der Waals surface area (Å²) in [6.45, 7) is 3.78. The topological polar surface area (TPSA) is 89.8 Å². The lowest BCUT2D eigenvalue weighted by atomic mass is 9.69. The van der Waals surface area contributed by atoms with Gasteiger partial charge >= 0.3 is 0 Å². The number of benzene rings is 2. The Hall–Kier alpha value is -2.51. The number of hydrogen-bond donors (Lipinski definition) is 0. The summed E-state index contributed by atoms with van der Waals surface area (Å²) in [5.41, 5.74) is -1.14. The first-order chi connectivity index (χ1) is 13.2. The third-order valence-electron chi connectivity index (χ3n) is 6.59. The average Bonchev–Trinajstić information content (AvgIpc) is 3.18. The van der Waals surface area contributed by atoms with E-state index in [-0.39, 0.29) is 27.9 Å². The molecule has 7 nitrogen and oxygen atoms in total. The number of nitrogens with zero attached hydrogens (tertiary/aromatic N) is 2. The van der Waals surface area contributed by atoms with Gasteiger partial charge in [-0.15, -0.1) is 0 Å². The van der Waals surface area contributed by atoms with Gasteiger partial charge in [0.05, 0.1) is 44.1 Å². The number of carbonyl (C=O) groups excluding carboxylic acids is 2. The number of carbonyl (C=O) groups is 2. The van der Waals surface area contributed by atoms with Gasteiger partial charge in [0.1, 0.15) is 0 Å². The molecule has 5 rings (SSSR count). The van der Waals surface area contributed by atoms with Gasteiger partial charge < -0.3 is 4.74 Å². The van der Waals surface area contributed by atoms with E-state index in [1.54, 1.807) is 18.2 Å². The largest absolute Gasteiger partial charge is 0.367 e. The van der Waals surface area contributed by atoms with Gasteiger partial charge in [0, 0.05) is 11.5 Å². The van der Waals surface area contributed by atoms with E-state index < -0.39 is 28.0 Å². The van der Waals surface area contributed by atoms with Gasteiger partial charge in [-0.2, -0.15) is 0 Å². The van der Waals surface area contributed by atoms with Gasteiger partial charge in [-0.1, -0.05) is 23.7 Å². The van der Waals surface area contributed by atoms with Crippen LogP contribution < -0.4 is 4.90 Å². The van der Waals surface area contributed by atoms with Crippen LogP contribution in [0.2, 0.25) is 5.02 Å². The molecule has 3 saturated heterocycles. The zero-order valence-corrected chi connectivity index (χ0v) is 16.0. The van der Waals surface area contributed by atoms with Crippen LogP contribution >= 0.6 is 11.6 Å². The molecule has 2 amide bonds. The number of imide groups is 1. The Morgan fingerprint density at radius 2 is 1.71 bits per heavy atom. The molecule has 0 aliphatic carbocycles. The molecule has 0 aromatic heterocycles. The Bertz CT molecular complexity index is 1070. The van der Waals surface area contributed by atoms with Crippen LogP contribution in [0.3, 0.4) is 0 Å². The second-order valence-corrected chi connectivity index (χ2v) is 8.63. The van der Waals surface area contributed by atoms with Crippen molar-refractivity contribution in [2.45, 2.75) is 37.9 Å². The van der Waals surface area contributed by atoms with E-state index in [9.17, 15) is 19.7 Å². The number of hydrogen-bond acceptors (Lipinski definition) is 5.